The molecule has 2 aromatic rings. The topological polar surface area (TPSA) is 104 Å². The van der Waals surface area contributed by atoms with E-state index < -0.39 is 21.4 Å². The predicted molar refractivity (Wildman–Crippen MR) is 165 cm³/mol. The number of benzene rings is 2. The Balaban J connectivity index is 1.40. The molecule has 2 unspecified atom stereocenters. The molecule has 0 aliphatic carbocycles. The largest absolute Gasteiger partial charge is 0.632 e. The van der Waals surface area contributed by atoms with Crippen molar-refractivity contribution in [3.05, 3.63) is 69.1 Å². The minimum absolute atomic E-state index is 0.212. The second-order valence-electron chi connectivity index (χ2n) is 11.8. The minimum atomic E-state index is -0.680. The highest BCUT2D eigenvalue weighted by Crippen LogP contribution is 2.32. The highest BCUT2D eigenvalue weighted by molar-refractivity contribution is 5.96. The van der Waals surface area contributed by atoms with Crippen LogP contribution in [-0.4, -0.2) is 59.4 Å². The highest BCUT2D eigenvalue weighted by Gasteiger charge is 2.43. The van der Waals surface area contributed by atoms with Crippen LogP contribution in [0.15, 0.2) is 36.4 Å². The van der Waals surface area contributed by atoms with Crippen LogP contribution >= 0.6 is 0 Å². The Labute approximate surface area is 245 Å². The maximum absolute atomic E-state index is 13.9. The van der Waals surface area contributed by atoms with Gasteiger partial charge in [0.1, 0.15) is 0 Å². The predicted octanol–water partition coefficient (Wildman–Crippen LogP) is 5.86. The van der Waals surface area contributed by atoms with Gasteiger partial charge in [0.25, 0.3) is 11.8 Å². The Hall–Kier alpha value is -2.78. The Kier molecular flexibility index (Phi) is 10.2. The highest BCUT2D eigenvalue weighted by atomic mass is 16.6. The van der Waals surface area contributed by atoms with E-state index in [9.17, 15) is 20.0 Å². The van der Waals surface area contributed by atoms with Crippen molar-refractivity contribution in [2.75, 3.05) is 36.8 Å². The average Bonchev–Trinajstić information content (AvgIpc) is 3.55. The van der Waals surface area contributed by atoms with Crippen LogP contribution in [0.3, 0.4) is 0 Å². The lowest BCUT2D eigenvalue weighted by molar-refractivity contribution is -0.902. The number of hydroxylamine groups is 6. The second-order valence-corrected chi connectivity index (χ2v) is 11.8. The molecule has 0 aromatic heterocycles. The fraction of sp³-hybridized carbons (Fsp3) is 0.576. The van der Waals surface area contributed by atoms with Gasteiger partial charge in [-0.15, -0.1) is 0 Å². The molecule has 2 aromatic carbocycles. The summed E-state index contributed by atoms with van der Waals surface area (Å²) in [5, 5.41) is 34.1. The van der Waals surface area contributed by atoms with Gasteiger partial charge in [-0.25, -0.2) is 0 Å². The molecular formula is C33H48N4O4. The zero-order valence-corrected chi connectivity index (χ0v) is 25.3. The number of anilines is 2. The molecule has 8 nitrogen and oxygen atoms in total. The lowest BCUT2D eigenvalue weighted by Crippen LogP contribution is -2.55. The van der Waals surface area contributed by atoms with Crippen molar-refractivity contribution in [2.45, 2.75) is 97.6 Å². The third kappa shape index (κ3) is 6.67. The molecule has 2 aliphatic heterocycles. The third-order valence-corrected chi connectivity index (χ3v) is 9.34. The van der Waals surface area contributed by atoms with Gasteiger partial charge in [0.05, 0.1) is 26.2 Å². The van der Waals surface area contributed by atoms with E-state index in [0.29, 0.717) is 45.2 Å². The first-order valence-electron chi connectivity index (χ1n) is 15.7. The van der Waals surface area contributed by atoms with Crippen molar-refractivity contribution < 1.29 is 18.9 Å². The number of nitrogens with one attached hydrogen (secondary N) is 2. The second kappa shape index (κ2) is 13.5. The molecule has 2 N–H and O–H groups in total. The van der Waals surface area contributed by atoms with Crippen molar-refractivity contribution in [3.8, 4) is 0 Å². The molecule has 2 fully saturated rings. The van der Waals surface area contributed by atoms with Crippen LogP contribution in [0.4, 0.5) is 11.4 Å². The summed E-state index contributed by atoms with van der Waals surface area (Å²) < 4.78 is -1.19. The summed E-state index contributed by atoms with van der Waals surface area (Å²) in [6, 6.07) is 10.7. The molecule has 2 heterocycles. The average molecular weight is 565 g/mol. The number of quaternary nitrogens is 2. The van der Waals surface area contributed by atoms with Crippen molar-refractivity contribution in [2.24, 2.45) is 0 Å². The van der Waals surface area contributed by atoms with E-state index in [1.54, 1.807) is 0 Å². The molecule has 0 radical (unpaired) electrons. The van der Waals surface area contributed by atoms with E-state index in [1.807, 2.05) is 36.4 Å². The molecule has 0 bridgehead atoms. The number of para-hydroxylation sites is 2. The number of amides is 2. The van der Waals surface area contributed by atoms with E-state index in [-0.39, 0.29) is 24.9 Å². The van der Waals surface area contributed by atoms with E-state index in [0.717, 1.165) is 59.3 Å². The minimum Gasteiger partial charge on any atom is -0.632 e. The number of nitrogens with zero attached hydrogens (tertiary/aromatic N) is 2. The Morgan fingerprint density at radius 3 is 1.34 bits per heavy atom. The lowest BCUT2D eigenvalue weighted by Gasteiger charge is -2.46. The Bertz CT molecular complexity index is 1100. The van der Waals surface area contributed by atoms with Gasteiger partial charge in [-0.2, -0.15) is 0 Å². The number of likely N-dealkylation sites (tertiary alicyclic amines) is 2. The van der Waals surface area contributed by atoms with Gasteiger partial charge in [-0.3, -0.25) is 9.59 Å². The fourth-order valence-corrected chi connectivity index (χ4v) is 6.94. The van der Waals surface area contributed by atoms with Crippen molar-refractivity contribution in [3.63, 3.8) is 0 Å². The van der Waals surface area contributed by atoms with Crippen molar-refractivity contribution >= 4 is 23.2 Å². The van der Waals surface area contributed by atoms with E-state index in [1.165, 1.54) is 0 Å². The van der Waals surface area contributed by atoms with E-state index in [4.69, 9.17) is 0 Å². The van der Waals surface area contributed by atoms with E-state index in [2.05, 4.69) is 38.3 Å². The summed E-state index contributed by atoms with van der Waals surface area (Å²) >= 11 is 0. The van der Waals surface area contributed by atoms with Crippen molar-refractivity contribution in [1.29, 1.82) is 0 Å². The number of hydrogen-bond donors (Lipinski definition) is 2. The number of aryl methyl sites for hydroxylation is 4. The number of rotatable bonds is 12. The lowest BCUT2D eigenvalue weighted by atomic mass is 10.0. The number of carbonyl (C=O) groups excluding carboxylic acids is 2. The van der Waals surface area contributed by atoms with Crippen LogP contribution in [0.2, 0.25) is 0 Å². The van der Waals surface area contributed by atoms with Crippen LogP contribution in [0, 0.1) is 10.4 Å². The van der Waals surface area contributed by atoms with Crippen LogP contribution < -0.4 is 10.6 Å². The molecule has 2 saturated heterocycles. The molecule has 8 heteroatoms. The molecule has 0 saturated carbocycles. The molecular weight excluding hydrogens is 516 g/mol. The van der Waals surface area contributed by atoms with Crippen LogP contribution in [0.25, 0.3) is 0 Å². The normalized spacial score (nSPS) is 25.8. The Morgan fingerprint density at radius 2 is 1.02 bits per heavy atom. The summed E-state index contributed by atoms with van der Waals surface area (Å²) in [7, 11) is 0. The summed E-state index contributed by atoms with van der Waals surface area (Å²) in [6.45, 7) is 9.43. The SMILES string of the molecule is CCc1cccc(CC)c1NC(=O)[C@@H]1CCC[N+]1([O-])CCC[N+]1([O-])CCC[C@H]1C(=O)Nc1c(CC)cccc1CC. The van der Waals surface area contributed by atoms with Gasteiger partial charge in [0.2, 0.25) is 0 Å². The van der Waals surface area contributed by atoms with Crippen LogP contribution in [-0.2, 0) is 35.3 Å². The van der Waals surface area contributed by atoms with Crippen molar-refractivity contribution in [1.82, 2.24) is 0 Å². The summed E-state index contributed by atoms with van der Waals surface area (Å²) in [5.74, 6) is -0.447. The number of carbonyl (C=O) groups is 2. The number of hydrogen-bond acceptors (Lipinski definition) is 4. The van der Waals surface area contributed by atoms with Gasteiger partial charge in [-0.1, -0.05) is 64.1 Å². The molecule has 224 valence electrons. The molecule has 4 atom stereocenters. The van der Waals surface area contributed by atoms with Gasteiger partial charge < -0.3 is 30.3 Å². The maximum atomic E-state index is 13.9. The standard InChI is InChI=1S/C33H48N4O4/c1-5-24-14-9-15-25(6-2)30(24)34-32(38)28-18-11-20-36(28,40)22-13-23-37(41)21-12-19-29(37)33(39)35-31-26(7-3)16-10-17-27(31)8-4/h9-10,14-17,28-29H,5-8,11-13,18-23H2,1-4H3,(H,34,38)(H,35,39)/t28-,29-,36?,37?/m0/s1. The maximum Gasteiger partial charge on any atom is 0.283 e. The summed E-state index contributed by atoms with van der Waals surface area (Å²) in [5.41, 5.74) is 5.97. The Morgan fingerprint density at radius 1 is 0.683 bits per heavy atom. The van der Waals surface area contributed by atoms with E-state index >= 15 is 0 Å². The van der Waals surface area contributed by atoms with Crippen LogP contribution in [0.5, 0.6) is 0 Å². The summed E-state index contributed by atoms with van der Waals surface area (Å²) in [4.78, 5) is 26.8. The first-order valence-corrected chi connectivity index (χ1v) is 15.7. The van der Waals surface area contributed by atoms with Gasteiger partial charge in [-0.05, 0) is 47.9 Å². The summed E-state index contributed by atoms with van der Waals surface area (Å²) in [6.07, 6.45) is 6.06. The first-order chi connectivity index (χ1) is 19.7. The van der Waals surface area contributed by atoms with Gasteiger partial charge in [0.15, 0.2) is 12.1 Å². The zero-order chi connectivity index (χ0) is 29.6. The van der Waals surface area contributed by atoms with Gasteiger partial charge >= 0.3 is 0 Å². The van der Waals surface area contributed by atoms with Gasteiger partial charge in [0, 0.05) is 43.5 Å². The third-order valence-electron chi connectivity index (χ3n) is 9.34. The van der Waals surface area contributed by atoms with Crippen LogP contribution in [0.1, 0.15) is 82.1 Å². The quantitative estimate of drug-likeness (QED) is 0.249. The fourth-order valence-electron chi connectivity index (χ4n) is 6.94. The first kappa shape index (κ1) is 31.2. The molecule has 2 aliphatic rings. The zero-order valence-electron chi connectivity index (χ0n) is 25.3. The molecule has 4 rings (SSSR count). The molecule has 2 amide bonds. The molecule has 0 spiro atoms. The monoisotopic (exact) mass is 564 g/mol. The smallest absolute Gasteiger partial charge is 0.283 e. The molecule has 41 heavy (non-hydrogen) atoms.